The number of likely N-dealkylation sites (N-methyl/N-ethyl adjacent to an activating group) is 1. The number of nitrogens with zero attached hydrogens (tertiary/aromatic N) is 1. The Morgan fingerprint density at radius 1 is 1.44 bits per heavy atom. The number of hydrogen-bond donors (Lipinski definition) is 2. The number of furan rings is 1. The van der Waals surface area contributed by atoms with Crippen molar-refractivity contribution >= 4 is 11.9 Å². The van der Waals surface area contributed by atoms with E-state index in [1.807, 2.05) is 13.8 Å². The van der Waals surface area contributed by atoms with E-state index in [1.54, 1.807) is 18.0 Å². The van der Waals surface area contributed by atoms with Crippen molar-refractivity contribution in [3.05, 3.63) is 23.7 Å². The number of carboxylic acids is 1. The molecule has 0 unspecified atom stereocenters. The number of nitrogens with one attached hydrogen (secondary N) is 1. The van der Waals surface area contributed by atoms with Crippen LogP contribution in [0.3, 0.4) is 0 Å². The molecule has 2 N–H and O–H groups in total. The molecule has 0 aliphatic rings. The molecule has 6 nitrogen and oxygen atoms in total. The van der Waals surface area contributed by atoms with Gasteiger partial charge in [0.25, 0.3) is 0 Å². The Morgan fingerprint density at radius 2 is 2.11 bits per heavy atom. The Bertz CT molecular complexity index is 425. The van der Waals surface area contributed by atoms with Crippen molar-refractivity contribution in [2.75, 3.05) is 13.6 Å². The molecule has 0 aliphatic heterocycles. The Kier molecular flexibility index (Phi) is 4.91. The molecule has 1 amide bonds. The van der Waals surface area contributed by atoms with Crippen LogP contribution in [0.1, 0.15) is 30.2 Å². The lowest BCUT2D eigenvalue weighted by Crippen LogP contribution is -2.38. The van der Waals surface area contributed by atoms with Gasteiger partial charge in [-0.3, -0.25) is 9.69 Å². The largest absolute Gasteiger partial charge is 0.475 e. The van der Waals surface area contributed by atoms with E-state index in [2.05, 4.69) is 5.32 Å². The third kappa shape index (κ3) is 4.58. The fraction of sp³-hybridized carbons (Fsp3) is 0.500. The summed E-state index contributed by atoms with van der Waals surface area (Å²) in [5, 5.41) is 11.5. The van der Waals surface area contributed by atoms with Gasteiger partial charge in [0.05, 0.1) is 13.1 Å². The summed E-state index contributed by atoms with van der Waals surface area (Å²) in [5.74, 6) is -0.740. The smallest absolute Gasteiger partial charge is 0.371 e. The SMILES string of the molecule is CC(C)NC(=O)CN(C)Cc1ccc(C(=O)O)o1. The fourth-order valence-corrected chi connectivity index (χ4v) is 1.51. The van der Waals surface area contributed by atoms with Crippen LogP contribution in [0.25, 0.3) is 0 Å². The minimum atomic E-state index is -1.10. The minimum absolute atomic E-state index is 0.0717. The van der Waals surface area contributed by atoms with Crippen molar-refractivity contribution in [3.63, 3.8) is 0 Å². The van der Waals surface area contributed by atoms with E-state index in [0.29, 0.717) is 12.3 Å². The van der Waals surface area contributed by atoms with E-state index >= 15 is 0 Å². The van der Waals surface area contributed by atoms with E-state index in [-0.39, 0.29) is 24.3 Å². The maximum absolute atomic E-state index is 11.5. The van der Waals surface area contributed by atoms with Crippen molar-refractivity contribution < 1.29 is 19.1 Å². The van der Waals surface area contributed by atoms with Crippen LogP contribution < -0.4 is 5.32 Å². The Morgan fingerprint density at radius 3 is 2.61 bits per heavy atom. The van der Waals surface area contributed by atoms with Crippen LogP contribution in [0.2, 0.25) is 0 Å². The molecule has 1 aromatic rings. The maximum Gasteiger partial charge on any atom is 0.371 e. The van der Waals surface area contributed by atoms with E-state index < -0.39 is 5.97 Å². The summed E-state index contributed by atoms with van der Waals surface area (Å²) in [6.45, 7) is 4.41. The van der Waals surface area contributed by atoms with E-state index in [4.69, 9.17) is 9.52 Å². The number of carbonyl (C=O) groups is 2. The third-order valence-corrected chi connectivity index (χ3v) is 2.16. The second kappa shape index (κ2) is 6.20. The average molecular weight is 254 g/mol. The van der Waals surface area contributed by atoms with Crippen molar-refractivity contribution in [1.29, 1.82) is 0 Å². The predicted octanol–water partition coefficient (Wildman–Crippen LogP) is 0.934. The highest BCUT2D eigenvalue weighted by Gasteiger charge is 2.12. The van der Waals surface area contributed by atoms with Gasteiger partial charge >= 0.3 is 5.97 Å². The van der Waals surface area contributed by atoms with Crippen LogP contribution in [0.15, 0.2) is 16.5 Å². The standard InChI is InChI=1S/C12H18N2O4/c1-8(2)13-11(15)7-14(3)6-9-4-5-10(18-9)12(16)17/h4-5,8H,6-7H2,1-3H3,(H,13,15)(H,16,17). The molecule has 0 saturated heterocycles. The first-order chi connectivity index (χ1) is 8.38. The lowest BCUT2D eigenvalue weighted by Gasteiger charge is -2.16. The van der Waals surface area contributed by atoms with Crippen molar-refractivity contribution in [1.82, 2.24) is 10.2 Å². The number of hydrogen-bond acceptors (Lipinski definition) is 4. The van der Waals surface area contributed by atoms with Crippen molar-refractivity contribution in [2.45, 2.75) is 26.4 Å². The van der Waals surface area contributed by atoms with Crippen LogP contribution in [0, 0.1) is 0 Å². The zero-order valence-electron chi connectivity index (χ0n) is 10.8. The van der Waals surface area contributed by atoms with Crippen molar-refractivity contribution in [2.24, 2.45) is 0 Å². The topological polar surface area (TPSA) is 82.8 Å². The summed E-state index contributed by atoms with van der Waals surface area (Å²) in [6, 6.07) is 3.10. The van der Waals surface area contributed by atoms with Gasteiger partial charge in [0, 0.05) is 6.04 Å². The highest BCUT2D eigenvalue weighted by atomic mass is 16.4. The summed E-state index contributed by atoms with van der Waals surface area (Å²) in [5.41, 5.74) is 0. The Hall–Kier alpha value is -1.82. The molecule has 0 bridgehead atoms. The molecular formula is C12H18N2O4. The molecule has 0 spiro atoms. The average Bonchev–Trinajstić information content (AvgIpc) is 2.63. The predicted molar refractivity (Wildman–Crippen MR) is 65.3 cm³/mol. The Labute approximate surface area is 106 Å². The molecule has 0 atom stereocenters. The highest BCUT2D eigenvalue weighted by Crippen LogP contribution is 2.09. The zero-order chi connectivity index (χ0) is 13.7. The molecule has 1 aromatic heterocycles. The van der Waals surface area contributed by atoms with Crippen LogP contribution >= 0.6 is 0 Å². The Balaban J connectivity index is 2.46. The van der Waals surface area contributed by atoms with Gasteiger partial charge in [0.1, 0.15) is 5.76 Å². The third-order valence-electron chi connectivity index (χ3n) is 2.16. The quantitative estimate of drug-likeness (QED) is 0.789. The fourth-order valence-electron chi connectivity index (χ4n) is 1.51. The van der Waals surface area contributed by atoms with Crippen molar-refractivity contribution in [3.8, 4) is 0 Å². The van der Waals surface area contributed by atoms with Gasteiger partial charge in [-0.2, -0.15) is 0 Å². The summed E-state index contributed by atoms with van der Waals surface area (Å²) in [4.78, 5) is 23.9. The van der Waals surface area contributed by atoms with Gasteiger partial charge in [-0.15, -0.1) is 0 Å². The van der Waals surface area contributed by atoms with Gasteiger partial charge in [0.15, 0.2) is 0 Å². The van der Waals surface area contributed by atoms with Crippen LogP contribution in [-0.4, -0.2) is 41.5 Å². The molecule has 0 radical (unpaired) electrons. The first kappa shape index (κ1) is 14.2. The summed E-state index contributed by atoms with van der Waals surface area (Å²) < 4.78 is 5.11. The second-order valence-electron chi connectivity index (χ2n) is 4.47. The summed E-state index contributed by atoms with van der Waals surface area (Å²) in [7, 11) is 1.77. The van der Waals surface area contributed by atoms with Gasteiger partial charge < -0.3 is 14.8 Å². The van der Waals surface area contributed by atoms with E-state index in [1.165, 1.54) is 6.07 Å². The molecule has 0 fully saturated rings. The molecule has 1 rings (SSSR count). The summed E-state index contributed by atoms with van der Waals surface area (Å²) in [6.07, 6.45) is 0. The van der Waals surface area contributed by atoms with Crippen LogP contribution in [0.5, 0.6) is 0 Å². The number of carboxylic acid groups (broad SMARTS) is 1. The molecule has 1 heterocycles. The van der Waals surface area contributed by atoms with Gasteiger partial charge in [0.2, 0.25) is 11.7 Å². The molecule has 100 valence electrons. The van der Waals surface area contributed by atoms with Crippen LogP contribution in [-0.2, 0) is 11.3 Å². The monoisotopic (exact) mass is 254 g/mol. The number of carbonyl (C=O) groups excluding carboxylic acids is 1. The summed E-state index contributed by atoms with van der Waals surface area (Å²) >= 11 is 0. The van der Waals surface area contributed by atoms with Gasteiger partial charge in [-0.1, -0.05) is 0 Å². The lowest BCUT2D eigenvalue weighted by atomic mass is 10.3. The number of aromatic carboxylic acids is 1. The molecule has 6 heteroatoms. The van der Waals surface area contributed by atoms with Gasteiger partial charge in [-0.25, -0.2) is 4.79 Å². The minimum Gasteiger partial charge on any atom is -0.475 e. The normalized spacial score (nSPS) is 10.9. The first-order valence-corrected chi connectivity index (χ1v) is 5.68. The van der Waals surface area contributed by atoms with Crippen LogP contribution in [0.4, 0.5) is 0 Å². The molecule has 0 saturated carbocycles. The first-order valence-electron chi connectivity index (χ1n) is 5.68. The highest BCUT2D eigenvalue weighted by molar-refractivity contribution is 5.84. The molecular weight excluding hydrogens is 236 g/mol. The van der Waals surface area contributed by atoms with Gasteiger partial charge in [-0.05, 0) is 33.0 Å². The number of amides is 1. The molecule has 18 heavy (non-hydrogen) atoms. The molecule has 0 aliphatic carbocycles. The maximum atomic E-state index is 11.5. The number of rotatable bonds is 6. The molecule has 0 aromatic carbocycles. The van der Waals surface area contributed by atoms with E-state index in [9.17, 15) is 9.59 Å². The second-order valence-corrected chi connectivity index (χ2v) is 4.47. The zero-order valence-corrected chi connectivity index (χ0v) is 10.8. The lowest BCUT2D eigenvalue weighted by molar-refractivity contribution is -0.122. The van der Waals surface area contributed by atoms with E-state index in [0.717, 1.165) is 0 Å².